The molecule has 1 N–H and O–H groups in total. The molecule has 136 valence electrons. The Morgan fingerprint density at radius 3 is 2.35 bits per heavy atom. The van der Waals surface area contributed by atoms with Gasteiger partial charge in [0.2, 0.25) is 11.8 Å². The molecule has 2 heterocycles. The summed E-state index contributed by atoms with van der Waals surface area (Å²) in [6.45, 7) is 1.51. The van der Waals surface area contributed by atoms with Crippen molar-refractivity contribution >= 4 is 11.6 Å². The van der Waals surface area contributed by atoms with E-state index in [0.29, 0.717) is 11.4 Å². The molecule has 0 unspecified atom stereocenters. The van der Waals surface area contributed by atoms with Gasteiger partial charge in [-0.05, 0) is 24.6 Å². The first-order valence-corrected chi connectivity index (χ1v) is 7.42. The zero-order valence-electron chi connectivity index (χ0n) is 13.7. The van der Waals surface area contributed by atoms with Crippen molar-refractivity contribution in [2.45, 2.75) is 13.5 Å². The molecule has 2 aromatic heterocycles. The predicted octanol–water partition coefficient (Wildman–Crippen LogP) is 2.63. The zero-order chi connectivity index (χ0) is 19.0. The average molecular weight is 367 g/mol. The van der Waals surface area contributed by atoms with Gasteiger partial charge in [-0.1, -0.05) is 0 Å². The summed E-state index contributed by atoms with van der Waals surface area (Å²) in [4.78, 5) is 15.1. The molecule has 0 aliphatic carbocycles. The van der Waals surface area contributed by atoms with Gasteiger partial charge in [-0.25, -0.2) is 13.2 Å². The largest absolute Gasteiger partial charge is 0.323 e. The third-order valence-electron chi connectivity index (χ3n) is 3.83. The monoisotopic (exact) mass is 367 g/mol. The molecular formula is C16H13F4N5O. The van der Waals surface area contributed by atoms with Crippen LogP contribution in [0.15, 0.2) is 29.3 Å². The van der Waals surface area contributed by atoms with Crippen molar-refractivity contribution in [3.63, 3.8) is 0 Å². The Bertz CT molecular complexity index is 1020. The molecule has 0 aliphatic heterocycles. The first-order chi connectivity index (χ1) is 12.3. The van der Waals surface area contributed by atoms with Crippen molar-refractivity contribution in [2.24, 2.45) is 7.05 Å². The fourth-order valence-electron chi connectivity index (χ4n) is 2.33. The fraction of sp³-hybridized carbons (Fsp3) is 0.188. The minimum atomic E-state index is -1.60. The molecule has 0 fully saturated rings. The van der Waals surface area contributed by atoms with Gasteiger partial charge in [-0.3, -0.25) is 9.48 Å². The minimum absolute atomic E-state index is 0.0252. The van der Waals surface area contributed by atoms with Crippen molar-refractivity contribution in [2.75, 3.05) is 5.32 Å². The summed E-state index contributed by atoms with van der Waals surface area (Å²) in [6.07, 6.45) is 2.33. The molecule has 0 spiro atoms. The maximum absolute atomic E-state index is 13.7. The van der Waals surface area contributed by atoms with Crippen molar-refractivity contribution in [1.82, 2.24) is 19.3 Å². The van der Waals surface area contributed by atoms with Crippen molar-refractivity contribution < 1.29 is 17.6 Å². The zero-order valence-corrected chi connectivity index (χ0v) is 13.7. The summed E-state index contributed by atoms with van der Waals surface area (Å²) < 4.78 is 56.3. The Balaban J connectivity index is 2.02. The van der Waals surface area contributed by atoms with Crippen LogP contribution in [-0.2, 0) is 13.6 Å². The molecule has 0 saturated heterocycles. The van der Waals surface area contributed by atoms with Crippen molar-refractivity contribution in [3.8, 4) is 0 Å². The van der Waals surface area contributed by atoms with Gasteiger partial charge in [0, 0.05) is 13.2 Å². The first-order valence-electron chi connectivity index (χ1n) is 7.42. The lowest BCUT2D eigenvalue weighted by Crippen LogP contribution is -2.20. The Kier molecular flexibility index (Phi) is 4.49. The Hall–Kier alpha value is -3.17. The average Bonchev–Trinajstić information content (AvgIpc) is 2.89. The molecule has 0 atom stereocenters. The van der Waals surface area contributed by atoms with Crippen LogP contribution in [0.3, 0.4) is 0 Å². The van der Waals surface area contributed by atoms with E-state index in [1.54, 1.807) is 18.7 Å². The van der Waals surface area contributed by atoms with Gasteiger partial charge in [0.05, 0.1) is 24.1 Å². The van der Waals surface area contributed by atoms with Crippen LogP contribution < -0.4 is 10.9 Å². The molecule has 10 heteroatoms. The third kappa shape index (κ3) is 3.30. The van der Waals surface area contributed by atoms with Crippen LogP contribution >= 0.6 is 0 Å². The lowest BCUT2D eigenvalue weighted by atomic mass is 10.2. The molecule has 6 nitrogen and oxygen atoms in total. The molecule has 3 rings (SSSR count). The van der Waals surface area contributed by atoms with Gasteiger partial charge < -0.3 is 9.88 Å². The van der Waals surface area contributed by atoms with E-state index >= 15 is 0 Å². The van der Waals surface area contributed by atoms with E-state index in [1.807, 2.05) is 0 Å². The molecule has 1 aromatic carbocycles. The predicted molar refractivity (Wildman–Crippen MR) is 85.1 cm³/mol. The normalized spacial score (nSPS) is 11.0. The van der Waals surface area contributed by atoms with Crippen molar-refractivity contribution in [1.29, 1.82) is 0 Å². The van der Waals surface area contributed by atoms with E-state index in [1.165, 1.54) is 6.20 Å². The van der Waals surface area contributed by atoms with E-state index in [-0.39, 0.29) is 18.1 Å². The highest BCUT2D eigenvalue weighted by Crippen LogP contribution is 2.20. The summed E-state index contributed by atoms with van der Waals surface area (Å²) in [6, 6.07) is 1.57. The number of rotatable bonds is 4. The standard InChI is InChI=1S/C16H13F4N5O/c1-8-13(5-21-24(8)2)22-16-23-15(26)12(19)7-25(16)6-9-3-10(17)14(20)11(18)4-9/h3-5,7H,6H2,1-2H3,(H,22,23,26). The van der Waals surface area contributed by atoms with E-state index < -0.39 is 28.8 Å². The number of hydrogen-bond acceptors (Lipinski definition) is 4. The minimum Gasteiger partial charge on any atom is -0.323 e. The van der Waals surface area contributed by atoms with E-state index in [2.05, 4.69) is 15.4 Å². The van der Waals surface area contributed by atoms with Crippen molar-refractivity contribution in [3.05, 3.63) is 69.4 Å². The van der Waals surface area contributed by atoms with E-state index in [9.17, 15) is 22.4 Å². The van der Waals surface area contributed by atoms with Gasteiger partial charge in [0.1, 0.15) is 0 Å². The van der Waals surface area contributed by atoms with Crippen LogP contribution in [-0.4, -0.2) is 19.3 Å². The number of hydrogen-bond donors (Lipinski definition) is 1. The lowest BCUT2D eigenvalue weighted by molar-refractivity contribution is 0.444. The number of halogens is 4. The molecule has 0 amide bonds. The van der Waals surface area contributed by atoms with Crippen LogP contribution in [0.5, 0.6) is 0 Å². The van der Waals surface area contributed by atoms with E-state index in [4.69, 9.17) is 0 Å². The van der Waals surface area contributed by atoms with Gasteiger partial charge in [0.15, 0.2) is 17.5 Å². The molecule has 0 aliphatic rings. The molecular weight excluding hydrogens is 354 g/mol. The molecule has 0 bridgehead atoms. The molecule has 3 aromatic rings. The summed E-state index contributed by atoms with van der Waals surface area (Å²) in [5, 5.41) is 6.85. The highest BCUT2D eigenvalue weighted by molar-refractivity contribution is 5.55. The smallest absolute Gasteiger partial charge is 0.310 e. The second kappa shape index (κ2) is 6.62. The summed E-state index contributed by atoms with van der Waals surface area (Å²) in [5.41, 5.74) is 0.157. The fourth-order valence-corrected chi connectivity index (χ4v) is 2.33. The van der Waals surface area contributed by atoms with Crippen LogP contribution in [0.2, 0.25) is 0 Å². The highest BCUT2D eigenvalue weighted by Gasteiger charge is 2.15. The Labute approximate surface area is 144 Å². The highest BCUT2D eigenvalue weighted by atomic mass is 19.2. The Morgan fingerprint density at radius 2 is 1.77 bits per heavy atom. The first kappa shape index (κ1) is 17.6. The quantitative estimate of drug-likeness (QED) is 0.569. The second-order valence-corrected chi connectivity index (χ2v) is 5.61. The number of nitrogens with one attached hydrogen (secondary N) is 1. The topological polar surface area (TPSA) is 64.7 Å². The SMILES string of the molecule is Cc1c(Nc2nc(=O)c(F)cn2Cc2cc(F)c(F)c(F)c2)cnn1C. The van der Waals surface area contributed by atoms with Gasteiger partial charge in [0.25, 0.3) is 0 Å². The van der Waals surface area contributed by atoms with Gasteiger partial charge in [-0.15, -0.1) is 0 Å². The molecule has 0 saturated carbocycles. The summed E-state index contributed by atoms with van der Waals surface area (Å²) in [7, 11) is 1.70. The van der Waals surface area contributed by atoms with Crippen LogP contribution in [0.25, 0.3) is 0 Å². The van der Waals surface area contributed by atoms with Crippen LogP contribution in [0, 0.1) is 30.2 Å². The molecule has 0 radical (unpaired) electrons. The number of nitrogens with zero attached hydrogens (tertiary/aromatic N) is 4. The lowest BCUT2D eigenvalue weighted by Gasteiger charge is -2.14. The maximum atomic E-state index is 13.7. The third-order valence-corrected chi connectivity index (χ3v) is 3.83. The van der Waals surface area contributed by atoms with Crippen LogP contribution in [0.4, 0.5) is 29.2 Å². The summed E-state index contributed by atoms with van der Waals surface area (Å²) >= 11 is 0. The van der Waals surface area contributed by atoms with Gasteiger partial charge >= 0.3 is 5.56 Å². The van der Waals surface area contributed by atoms with Crippen LogP contribution in [0.1, 0.15) is 11.3 Å². The number of aromatic nitrogens is 4. The number of benzene rings is 1. The number of aryl methyl sites for hydroxylation is 1. The second-order valence-electron chi connectivity index (χ2n) is 5.61. The number of anilines is 2. The summed E-state index contributed by atoms with van der Waals surface area (Å²) in [5.74, 6) is -5.53. The Morgan fingerprint density at radius 1 is 1.12 bits per heavy atom. The maximum Gasteiger partial charge on any atom is 0.310 e. The molecule has 26 heavy (non-hydrogen) atoms. The van der Waals surface area contributed by atoms with E-state index in [0.717, 1.165) is 22.9 Å². The van der Waals surface area contributed by atoms with Gasteiger partial charge in [-0.2, -0.15) is 14.5 Å².